The van der Waals surface area contributed by atoms with Crippen LogP contribution in [0.5, 0.6) is 0 Å². The molecule has 0 amide bonds. The minimum Gasteiger partial charge on any atom is -0.361 e. The number of hydrogen-bond acceptors (Lipinski definition) is 4. The Balaban J connectivity index is 1.69. The van der Waals surface area contributed by atoms with Gasteiger partial charge in [0.05, 0.1) is 5.52 Å². The fourth-order valence-corrected chi connectivity index (χ4v) is 3.27. The highest BCUT2D eigenvalue weighted by Crippen LogP contribution is 2.31. The lowest BCUT2D eigenvalue weighted by Gasteiger charge is -2.21. The molecule has 26 heavy (non-hydrogen) atoms. The van der Waals surface area contributed by atoms with Crippen molar-refractivity contribution in [3.63, 3.8) is 0 Å². The second kappa shape index (κ2) is 5.70. The van der Waals surface area contributed by atoms with Gasteiger partial charge < -0.3 is 9.88 Å². The van der Waals surface area contributed by atoms with E-state index in [1.807, 2.05) is 35.8 Å². The summed E-state index contributed by atoms with van der Waals surface area (Å²) in [6, 6.07) is 20.6. The summed E-state index contributed by atoms with van der Waals surface area (Å²) < 4.78 is 1.90. The van der Waals surface area contributed by atoms with Crippen LogP contribution in [0, 0.1) is 0 Å². The second-order valence-electron chi connectivity index (χ2n) is 6.15. The van der Waals surface area contributed by atoms with Gasteiger partial charge >= 0.3 is 0 Å². The van der Waals surface area contributed by atoms with E-state index in [4.69, 9.17) is 4.98 Å². The second-order valence-corrected chi connectivity index (χ2v) is 6.15. The monoisotopic (exact) mass is 340 g/mol. The Bertz CT molecular complexity index is 1210. The van der Waals surface area contributed by atoms with E-state index in [9.17, 15) is 0 Å². The molecule has 0 fully saturated rings. The first-order valence-electron chi connectivity index (χ1n) is 8.37. The van der Waals surface area contributed by atoms with E-state index in [-0.39, 0.29) is 0 Å². The molecule has 6 nitrogen and oxygen atoms in total. The van der Waals surface area contributed by atoms with Crippen molar-refractivity contribution in [1.82, 2.24) is 24.6 Å². The molecule has 0 aliphatic rings. The Hall–Kier alpha value is -3.67. The van der Waals surface area contributed by atoms with Crippen LogP contribution >= 0.6 is 0 Å². The molecule has 0 saturated carbocycles. The van der Waals surface area contributed by atoms with Crippen LogP contribution in [0.25, 0.3) is 27.9 Å². The van der Waals surface area contributed by atoms with Crippen molar-refractivity contribution in [3.8, 4) is 11.3 Å². The minimum atomic E-state index is 0.589. The molecule has 0 atom stereocenters. The standard InChI is InChI=1S/C20H16N6/c1-25(15-7-4-6-14(12-15)17-9-5-11-21-17)19-16-8-2-3-10-18(16)26-13-22-24-20(26)23-19/h2-13,21H,1H3. The lowest BCUT2D eigenvalue weighted by atomic mass is 10.1. The first-order chi connectivity index (χ1) is 12.8. The van der Waals surface area contributed by atoms with Gasteiger partial charge in [-0.25, -0.2) is 0 Å². The summed E-state index contributed by atoms with van der Waals surface area (Å²) in [7, 11) is 2.02. The third kappa shape index (κ3) is 2.23. The minimum absolute atomic E-state index is 0.589. The van der Waals surface area contributed by atoms with E-state index < -0.39 is 0 Å². The quantitative estimate of drug-likeness (QED) is 0.538. The molecule has 0 saturated heterocycles. The number of hydrogen-bond donors (Lipinski definition) is 1. The highest BCUT2D eigenvalue weighted by molar-refractivity contribution is 5.93. The summed E-state index contributed by atoms with van der Waals surface area (Å²) in [6.07, 6.45) is 3.63. The predicted molar refractivity (Wildman–Crippen MR) is 103 cm³/mol. The molecular weight excluding hydrogens is 324 g/mol. The Morgan fingerprint density at radius 2 is 1.92 bits per heavy atom. The Kier molecular flexibility index (Phi) is 3.21. The van der Waals surface area contributed by atoms with E-state index in [0.717, 1.165) is 33.7 Å². The normalized spacial score (nSPS) is 11.3. The largest absolute Gasteiger partial charge is 0.361 e. The SMILES string of the molecule is CN(c1cccc(-c2ccc[nH]2)c1)c1nc2nncn2c2ccccc12. The Morgan fingerprint density at radius 3 is 2.81 bits per heavy atom. The van der Waals surface area contributed by atoms with Crippen molar-refractivity contribution in [2.24, 2.45) is 0 Å². The number of anilines is 2. The van der Waals surface area contributed by atoms with Gasteiger partial charge in [0, 0.05) is 30.0 Å². The topological polar surface area (TPSA) is 62.1 Å². The van der Waals surface area contributed by atoms with Crippen LogP contribution in [-0.4, -0.2) is 31.6 Å². The van der Waals surface area contributed by atoms with Crippen molar-refractivity contribution >= 4 is 28.2 Å². The van der Waals surface area contributed by atoms with E-state index in [1.54, 1.807) is 6.33 Å². The molecule has 0 aliphatic carbocycles. The van der Waals surface area contributed by atoms with Crippen LogP contribution in [-0.2, 0) is 0 Å². The van der Waals surface area contributed by atoms with E-state index in [0.29, 0.717) is 5.78 Å². The van der Waals surface area contributed by atoms with Gasteiger partial charge in [-0.15, -0.1) is 10.2 Å². The number of rotatable bonds is 3. The van der Waals surface area contributed by atoms with Crippen molar-refractivity contribution in [2.45, 2.75) is 0 Å². The maximum absolute atomic E-state index is 4.74. The molecule has 6 heteroatoms. The molecule has 5 aromatic rings. The fraction of sp³-hybridized carbons (Fsp3) is 0.0500. The number of nitrogens with zero attached hydrogens (tertiary/aromatic N) is 5. The molecule has 0 radical (unpaired) electrons. The number of aromatic nitrogens is 5. The third-order valence-electron chi connectivity index (χ3n) is 4.60. The van der Waals surface area contributed by atoms with E-state index >= 15 is 0 Å². The molecule has 126 valence electrons. The molecule has 0 spiro atoms. The average Bonchev–Trinajstić information content (AvgIpc) is 3.38. The Labute approximate surface area is 149 Å². The number of H-pyrrole nitrogens is 1. The zero-order valence-electron chi connectivity index (χ0n) is 14.2. The van der Waals surface area contributed by atoms with Crippen LogP contribution < -0.4 is 4.90 Å². The van der Waals surface area contributed by atoms with Crippen LogP contribution in [0.15, 0.2) is 73.2 Å². The first kappa shape index (κ1) is 14.7. The predicted octanol–water partition coefficient (Wildman–Crippen LogP) is 4.04. The van der Waals surface area contributed by atoms with Crippen LogP contribution in [0.1, 0.15) is 0 Å². The molecule has 0 unspecified atom stereocenters. The maximum atomic E-state index is 4.74. The van der Waals surface area contributed by atoms with Gasteiger partial charge in [-0.05, 0) is 42.0 Å². The summed E-state index contributed by atoms with van der Waals surface area (Å²) in [5.41, 5.74) is 4.31. The Morgan fingerprint density at radius 1 is 1.00 bits per heavy atom. The molecule has 2 aromatic carbocycles. The number of benzene rings is 2. The van der Waals surface area contributed by atoms with Gasteiger partial charge in [-0.2, -0.15) is 4.98 Å². The van der Waals surface area contributed by atoms with Gasteiger partial charge in [0.15, 0.2) is 0 Å². The molecule has 5 rings (SSSR count). The number of aromatic amines is 1. The number of para-hydroxylation sites is 1. The summed E-state index contributed by atoms with van der Waals surface area (Å²) in [5.74, 6) is 1.44. The summed E-state index contributed by atoms with van der Waals surface area (Å²) >= 11 is 0. The molecular formula is C20H16N6. The van der Waals surface area contributed by atoms with Crippen molar-refractivity contribution < 1.29 is 0 Å². The summed E-state index contributed by atoms with van der Waals surface area (Å²) in [6.45, 7) is 0. The van der Waals surface area contributed by atoms with Crippen molar-refractivity contribution in [3.05, 3.63) is 73.2 Å². The van der Waals surface area contributed by atoms with Gasteiger partial charge in [-0.3, -0.25) is 4.40 Å². The van der Waals surface area contributed by atoms with E-state index in [2.05, 4.69) is 62.5 Å². The fourth-order valence-electron chi connectivity index (χ4n) is 3.27. The zero-order chi connectivity index (χ0) is 17.5. The lowest BCUT2D eigenvalue weighted by Crippen LogP contribution is -2.13. The van der Waals surface area contributed by atoms with Crippen LogP contribution in [0.3, 0.4) is 0 Å². The molecule has 0 aliphatic heterocycles. The highest BCUT2D eigenvalue weighted by atomic mass is 15.3. The maximum Gasteiger partial charge on any atom is 0.257 e. The first-order valence-corrected chi connectivity index (χ1v) is 8.37. The van der Waals surface area contributed by atoms with E-state index in [1.165, 1.54) is 0 Å². The number of fused-ring (bicyclic) bond motifs is 3. The van der Waals surface area contributed by atoms with Gasteiger partial charge in [-0.1, -0.05) is 24.3 Å². The molecule has 0 bridgehead atoms. The zero-order valence-corrected chi connectivity index (χ0v) is 14.2. The van der Waals surface area contributed by atoms with Crippen molar-refractivity contribution in [2.75, 3.05) is 11.9 Å². The smallest absolute Gasteiger partial charge is 0.257 e. The lowest BCUT2D eigenvalue weighted by molar-refractivity contribution is 1.08. The molecule has 1 N–H and O–H groups in total. The van der Waals surface area contributed by atoms with Crippen LogP contribution in [0.4, 0.5) is 11.5 Å². The number of nitrogens with one attached hydrogen (secondary N) is 1. The summed E-state index contributed by atoms with van der Waals surface area (Å²) in [5, 5.41) is 9.18. The average molecular weight is 340 g/mol. The van der Waals surface area contributed by atoms with Crippen LogP contribution in [0.2, 0.25) is 0 Å². The summed E-state index contributed by atoms with van der Waals surface area (Å²) in [4.78, 5) is 10.1. The molecule has 3 aromatic heterocycles. The van der Waals surface area contributed by atoms with Crippen molar-refractivity contribution in [1.29, 1.82) is 0 Å². The third-order valence-corrected chi connectivity index (χ3v) is 4.60. The molecule has 3 heterocycles. The van der Waals surface area contributed by atoms with Gasteiger partial charge in [0.2, 0.25) is 0 Å². The highest BCUT2D eigenvalue weighted by Gasteiger charge is 2.14. The van der Waals surface area contributed by atoms with Gasteiger partial charge in [0.25, 0.3) is 5.78 Å². The van der Waals surface area contributed by atoms with Gasteiger partial charge in [0.1, 0.15) is 12.1 Å².